The van der Waals surface area contributed by atoms with Crippen molar-refractivity contribution in [1.29, 1.82) is 0 Å². The summed E-state index contributed by atoms with van der Waals surface area (Å²) in [5.41, 5.74) is 2.30. The number of rotatable bonds is 14. The van der Waals surface area contributed by atoms with Gasteiger partial charge in [-0.25, -0.2) is 37.1 Å². The molecule has 0 aliphatic carbocycles. The molecule has 6 aliphatic rings. The fourth-order valence-electron chi connectivity index (χ4n) is 11.3. The highest BCUT2D eigenvalue weighted by Gasteiger charge is 2.59. The van der Waals surface area contributed by atoms with Crippen LogP contribution in [0, 0.1) is 11.8 Å². The maximum Gasteiger partial charge on any atom is 0.338 e. The average molecular weight is 1100 g/mol. The van der Waals surface area contributed by atoms with E-state index in [9.17, 15) is 29.4 Å². The van der Waals surface area contributed by atoms with Crippen LogP contribution < -0.4 is 10.6 Å². The SMILES string of the molecule is COC(=O)C1=C(CN2[C@@H]3CC(CC(=O)O)C[C@H]2C(F)(F)C3)NC(c2nccs2)=N[C@H]1c1ccccc1Cl.COC(=O)C1=C(CN2[C@H]3CC(CC(=O)O)C[C@@H]2C(F)(F)C3)NC(c2nccs2)=N[C@H]1c1ccccc1Cl. The number of amidine groups is 2. The van der Waals surface area contributed by atoms with Gasteiger partial charge in [0.2, 0.25) is 0 Å². The van der Waals surface area contributed by atoms with Crippen LogP contribution in [0.15, 0.2) is 104 Å². The molecular formula is C50H50Cl2F4N8O8S2. The lowest BCUT2D eigenvalue weighted by Gasteiger charge is -2.40. The van der Waals surface area contributed by atoms with Gasteiger partial charge in [-0.3, -0.25) is 29.4 Å². The Balaban J connectivity index is 0.000000182. The normalized spacial score (nSPS) is 27.0. The molecule has 4 aromatic rings. The minimum absolute atomic E-state index is 0.0144. The van der Waals surface area contributed by atoms with E-state index in [-0.39, 0.29) is 74.6 Å². The van der Waals surface area contributed by atoms with E-state index in [0.717, 1.165) is 0 Å². The number of hydrogen-bond donors (Lipinski definition) is 4. The zero-order valence-corrected chi connectivity index (χ0v) is 42.9. The number of methoxy groups -OCH3 is 2. The molecule has 4 bridgehead atoms. The van der Waals surface area contributed by atoms with Crippen LogP contribution in [-0.2, 0) is 28.7 Å². The molecule has 10 rings (SSSR count). The number of esters is 2. The molecule has 4 saturated heterocycles. The maximum absolute atomic E-state index is 15.1. The van der Waals surface area contributed by atoms with Gasteiger partial charge < -0.3 is 30.3 Å². The van der Waals surface area contributed by atoms with Crippen LogP contribution in [0.3, 0.4) is 0 Å². The number of carbonyl (C=O) groups is 4. The van der Waals surface area contributed by atoms with Gasteiger partial charge in [0, 0.05) is 107 Å². The van der Waals surface area contributed by atoms with Gasteiger partial charge in [-0.2, -0.15) is 0 Å². The van der Waals surface area contributed by atoms with Gasteiger partial charge >= 0.3 is 23.9 Å². The maximum atomic E-state index is 15.1. The number of carboxylic acids is 2. The fourth-order valence-corrected chi connectivity index (χ4v) is 13.0. The van der Waals surface area contributed by atoms with Crippen molar-refractivity contribution in [3.05, 3.63) is 125 Å². The molecule has 6 aliphatic heterocycles. The molecule has 8 atom stereocenters. The van der Waals surface area contributed by atoms with Crippen molar-refractivity contribution in [2.75, 3.05) is 27.3 Å². The molecule has 0 saturated carbocycles. The minimum Gasteiger partial charge on any atom is -0.481 e. The Kier molecular flexibility index (Phi) is 15.6. The zero-order valence-electron chi connectivity index (χ0n) is 39.7. The van der Waals surface area contributed by atoms with Crippen LogP contribution in [-0.4, -0.2) is 129 Å². The number of aliphatic imine (C=N–C) groups is 2. The Labute approximate surface area is 440 Å². The molecule has 0 spiro atoms. The van der Waals surface area contributed by atoms with Gasteiger partial charge in [0.15, 0.2) is 21.7 Å². The first-order valence-corrected chi connectivity index (χ1v) is 26.2. The summed E-state index contributed by atoms with van der Waals surface area (Å²) >= 11 is 15.7. The standard InChI is InChI=1S/2C25H25ClF2N4O4S/c2*1-36-24(35)20-17(12-32-14-8-13(10-19(33)34)9-18(32)25(27,28)11-14)30-22(23-29-6-7-37-23)31-21(20)15-4-2-3-5-16(15)26/h2*2-7,13-14,18,21H,8-12H2,1H3,(H,30,31)(H,33,34)/t13?,14-,18+,21+;13?,14-,18+,21-/m10/s1. The number of ether oxygens (including phenoxy) is 2. The molecule has 8 heterocycles. The van der Waals surface area contributed by atoms with Crippen molar-refractivity contribution >= 4 is 81.4 Å². The number of carboxylic acid groups (broad SMARTS) is 2. The number of fused-ring (bicyclic) bond motifs is 4. The number of thiazole rings is 2. The topological polar surface area (TPSA) is 208 Å². The first kappa shape index (κ1) is 53.1. The molecule has 2 aromatic heterocycles. The zero-order chi connectivity index (χ0) is 52.6. The predicted octanol–water partition coefficient (Wildman–Crippen LogP) is 8.56. The van der Waals surface area contributed by atoms with Crippen LogP contribution in [0.25, 0.3) is 0 Å². The summed E-state index contributed by atoms with van der Waals surface area (Å²) in [7, 11) is 2.51. The minimum atomic E-state index is -2.97. The number of nitrogens with zero attached hydrogens (tertiary/aromatic N) is 6. The van der Waals surface area contributed by atoms with Gasteiger partial charge in [-0.1, -0.05) is 59.6 Å². The first-order valence-electron chi connectivity index (χ1n) is 23.7. The summed E-state index contributed by atoms with van der Waals surface area (Å²) in [6.07, 6.45) is 3.11. The molecule has 74 heavy (non-hydrogen) atoms. The van der Waals surface area contributed by atoms with Crippen LogP contribution >= 0.6 is 45.9 Å². The Bertz CT molecular complexity index is 2730. The van der Waals surface area contributed by atoms with E-state index in [1.165, 1.54) is 36.9 Å². The summed E-state index contributed by atoms with van der Waals surface area (Å²) < 4.78 is 70.5. The number of alkyl halides is 4. The fraction of sp³-hybridized carbons (Fsp3) is 0.440. The number of aliphatic carboxylic acids is 2. The van der Waals surface area contributed by atoms with Crippen LogP contribution in [0.2, 0.25) is 10.0 Å². The monoisotopic (exact) mass is 1100 g/mol. The lowest BCUT2D eigenvalue weighted by molar-refractivity contribution is -0.140. The Morgan fingerprint density at radius 1 is 0.662 bits per heavy atom. The number of aromatic nitrogens is 2. The molecule has 392 valence electrons. The number of nitrogens with one attached hydrogen (secondary N) is 2. The van der Waals surface area contributed by atoms with E-state index in [0.29, 0.717) is 67.1 Å². The van der Waals surface area contributed by atoms with Gasteiger partial charge in [-0.05, 0) is 49.7 Å². The van der Waals surface area contributed by atoms with Crippen LogP contribution in [0.4, 0.5) is 17.6 Å². The smallest absolute Gasteiger partial charge is 0.338 e. The third-order valence-electron chi connectivity index (χ3n) is 14.4. The van der Waals surface area contributed by atoms with E-state index >= 15 is 17.6 Å². The first-order chi connectivity index (χ1) is 35.3. The van der Waals surface area contributed by atoms with E-state index in [2.05, 4.69) is 20.6 Å². The van der Waals surface area contributed by atoms with Crippen molar-refractivity contribution in [3.63, 3.8) is 0 Å². The predicted molar refractivity (Wildman–Crippen MR) is 268 cm³/mol. The van der Waals surface area contributed by atoms with Crippen molar-refractivity contribution in [3.8, 4) is 0 Å². The second-order valence-electron chi connectivity index (χ2n) is 19.0. The number of halogens is 6. The van der Waals surface area contributed by atoms with Gasteiger partial charge in [0.05, 0.1) is 37.4 Å². The van der Waals surface area contributed by atoms with Gasteiger partial charge in [0.1, 0.15) is 12.1 Å². The number of piperidine rings is 2. The van der Waals surface area contributed by atoms with Gasteiger partial charge in [0.25, 0.3) is 11.8 Å². The Hall–Kier alpha value is -5.78. The largest absolute Gasteiger partial charge is 0.481 e. The van der Waals surface area contributed by atoms with E-state index < -0.39 is 72.0 Å². The molecule has 24 heteroatoms. The third kappa shape index (κ3) is 11.0. The van der Waals surface area contributed by atoms with E-state index in [1.54, 1.807) is 81.5 Å². The molecule has 4 fully saturated rings. The lowest BCUT2D eigenvalue weighted by Crippen LogP contribution is -2.50. The summed E-state index contributed by atoms with van der Waals surface area (Å²) in [6.45, 7) is 0.0288. The number of hydrogen-bond acceptors (Lipinski definition) is 16. The highest BCUT2D eigenvalue weighted by Crippen LogP contribution is 2.51. The molecule has 0 radical (unpaired) electrons. The van der Waals surface area contributed by atoms with Crippen molar-refractivity contribution in [2.24, 2.45) is 21.8 Å². The quantitative estimate of drug-likeness (QED) is 0.0690. The molecule has 2 unspecified atom stereocenters. The summed E-state index contributed by atoms with van der Waals surface area (Å²) in [5.74, 6) is -9.04. The highest BCUT2D eigenvalue weighted by molar-refractivity contribution is 7.12. The molecule has 2 aromatic carbocycles. The van der Waals surface area contributed by atoms with Crippen LogP contribution in [0.5, 0.6) is 0 Å². The molecule has 16 nitrogen and oxygen atoms in total. The third-order valence-corrected chi connectivity index (χ3v) is 16.6. The van der Waals surface area contributed by atoms with Crippen LogP contribution in [0.1, 0.15) is 84.6 Å². The highest BCUT2D eigenvalue weighted by atomic mass is 35.5. The van der Waals surface area contributed by atoms with Crippen molar-refractivity contribution in [2.45, 2.75) is 99.5 Å². The Morgan fingerprint density at radius 3 is 1.38 bits per heavy atom. The summed E-state index contributed by atoms with van der Waals surface area (Å²) in [6, 6.07) is 9.03. The lowest BCUT2D eigenvalue weighted by atomic mass is 9.87. The Morgan fingerprint density at radius 2 is 1.05 bits per heavy atom. The van der Waals surface area contributed by atoms with E-state index in [4.69, 9.17) is 42.7 Å². The average Bonchev–Trinajstić information content (AvgIpc) is 4.15. The van der Waals surface area contributed by atoms with Crippen molar-refractivity contribution in [1.82, 2.24) is 30.4 Å². The summed E-state index contributed by atoms with van der Waals surface area (Å²) in [5, 5.41) is 30.3. The van der Waals surface area contributed by atoms with Crippen molar-refractivity contribution < 1.29 is 56.4 Å². The number of carbonyl (C=O) groups excluding carboxylic acids is 2. The number of benzene rings is 2. The molecule has 0 amide bonds. The van der Waals surface area contributed by atoms with E-state index in [1.807, 2.05) is 0 Å². The molecule has 4 N–H and O–H groups in total. The summed E-state index contributed by atoms with van der Waals surface area (Å²) in [4.78, 5) is 70.3. The molecular weight excluding hydrogens is 1050 g/mol. The van der Waals surface area contributed by atoms with Gasteiger partial charge in [-0.15, -0.1) is 22.7 Å². The second-order valence-corrected chi connectivity index (χ2v) is 21.6. The second kappa shape index (κ2) is 21.8.